The molecule has 2 bridgehead atoms. The number of rotatable bonds is 1. The minimum Gasteiger partial charge on any atom is -0.450 e. The molecule has 2 aliphatic rings. The van der Waals surface area contributed by atoms with Crippen molar-refractivity contribution in [2.75, 3.05) is 0 Å². The van der Waals surface area contributed by atoms with Crippen LogP contribution in [0.15, 0.2) is 16.5 Å². The van der Waals surface area contributed by atoms with E-state index in [9.17, 15) is 0 Å². The lowest BCUT2D eigenvalue weighted by atomic mass is 9.87. The van der Waals surface area contributed by atoms with Gasteiger partial charge in [0, 0.05) is 5.92 Å². The number of nitrogens with zero attached hydrogens (tertiary/aromatic N) is 1. The molecule has 0 N–H and O–H groups in total. The van der Waals surface area contributed by atoms with Gasteiger partial charge in [0.05, 0.1) is 0 Å². The summed E-state index contributed by atoms with van der Waals surface area (Å²) < 4.78 is 5.51. The summed E-state index contributed by atoms with van der Waals surface area (Å²) in [5, 5.41) is 8.68. The molecule has 2 fully saturated rings. The minimum absolute atomic E-state index is 0.461. The molecular formula is C12H13NO. The van der Waals surface area contributed by atoms with Crippen LogP contribution < -0.4 is 0 Å². The van der Waals surface area contributed by atoms with E-state index in [4.69, 9.17) is 9.68 Å². The smallest absolute Gasteiger partial charge is 0.203 e. The summed E-state index contributed by atoms with van der Waals surface area (Å²) in [6, 6.07) is 5.83. The fraction of sp³-hybridized carbons (Fsp3) is 0.583. The summed E-state index contributed by atoms with van der Waals surface area (Å²) >= 11 is 0. The third kappa shape index (κ3) is 1.09. The van der Waals surface area contributed by atoms with Crippen molar-refractivity contribution < 1.29 is 4.42 Å². The Balaban J connectivity index is 1.86. The van der Waals surface area contributed by atoms with Gasteiger partial charge in [-0.2, -0.15) is 5.26 Å². The van der Waals surface area contributed by atoms with Crippen LogP contribution in [0.5, 0.6) is 0 Å². The molecular weight excluding hydrogens is 174 g/mol. The Kier molecular flexibility index (Phi) is 1.67. The monoisotopic (exact) mass is 187 g/mol. The first-order chi connectivity index (χ1) is 6.86. The van der Waals surface area contributed by atoms with Gasteiger partial charge in [-0.3, -0.25) is 0 Å². The SMILES string of the molecule is N#Cc1ccc(C2CC3CCC2C3)o1. The Morgan fingerprint density at radius 3 is 2.79 bits per heavy atom. The number of hydrogen-bond donors (Lipinski definition) is 0. The van der Waals surface area contributed by atoms with E-state index in [2.05, 4.69) is 0 Å². The van der Waals surface area contributed by atoms with Crippen LogP contribution in [0.4, 0.5) is 0 Å². The van der Waals surface area contributed by atoms with Gasteiger partial charge >= 0.3 is 0 Å². The molecule has 3 atom stereocenters. The van der Waals surface area contributed by atoms with Crippen LogP contribution in [0.2, 0.25) is 0 Å². The Hall–Kier alpha value is -1.23. The molecule has 0 saturated heterocycles. The van der Waals surface area contributed by atoms with Crippen molar-refractivity contribution in [2.45, 2.75) is 31.6 Å². The highest BCUT2D eigenvalue weighted by Crippen LogP contribution is 2.52. The lowest BCUT2D eigenvalue weighted by Gasteiger charge is -2.18. The first kappa shape index (κ1) is 8.11. The first-order valence-electron chi connectivity index (χ1n) is 5.36. The molecule has 0 spiro atoms. The predicted octanol–water partition coefficient (Wildman–Crippen LogP) is 3.05. The quantitative estimate of drug-likeness (QED) is 0.677. The fourth-order valence-electron chi connectivity index (χ4n) is 3.21. The van der Waals surface area contributed by atoms with Crippen LogP contribution in [0.3, 0.4) is 0 Å². The van der Waals surface area contributed by atoms with Gasteiger partial charge in [0.1, 0.15) is 11.8 Å². The maximum atomic E-state index is 8.68. The molecule has 1 aromatic heterocycles. The molecule has 2 nitrogen and oxygen atoms in total. The van der Waals surface area contributed by atoms with Gasteiger partial charge < -0.3 is 4.42 Å². The molecule has 2 saturated carbocycles. The topological polar surface area (TPSA) is 36.9 Å². The van der Waals surface area contributed by atoms with Crippen molar-refractivity contribution in [3.05, 3.63) is 23.7 Å². The van der Waals surface area contributed by atoms with Gasteiger partial charge in [0.15, 0.2) is 0 Å². The van der Waals surface area contributed by atoms with Crippen LogP contribution in [0.1, 0.15) is 43.1 Å². The molecule has 1 heterocycles. The van der Waals surface area contributed by atoms with Gasteiger partial charge in [-0.1, -0.05) is 6.42 Å². The zero-order chi connectivity index (χ0) is 9.54. The molecule has 0 radical (unpaired) electrons. The molecule has 0 amide bonds. The summed E-state index contributed by atoms with van der Waals surface area (Å²) in [4.78, 5) is 0. The van der Waals surface area contributed by atoms with E-state index in [1.807, 2.05) is 12.1 Å². The maximum Gasteiger partial charge on any atom is 0.203 e. The number of fused-ring (bicyclic) bond motifs is 2. The number of nitriles is 1. The van der Waals surface area contributed by atoms with Crippen molar-refractivity contribution in [1.29, 1.82) is 5.26 Å². The zero-order valence-electron chi connectivity index (χ0n) is 8.07. The normalized spacial score (nSPS) is 34.6. The lowest BCUT2D eigenvalue weighted by molar-refractivity contribution is 0.354. The van der Waals surface area contributed by atoms with Gasteiger partial charge in [-0.05, 0) is 43.2 Å². The number of furan rings is 1. The molecule has 0 aromatic carbocycles. The Bertz CT molecular complexity index is 387. The standard InChI is InChI=1S/C12H13NO/c13-7-10-3-4-12(14-10)11-6-8-1-2-9(11)5-8/h3-4,8-9,11H,1-2,5-6H2. The molecule has 2 heteroatoms. The molecule has 3 unspecified atom stereocenters. The highest BCUT2D eigenvalue weighted by atomic mass is 16.3. The molecule has 72 valence electrons. The lowest BCUT2D eigenvalue weighted by Crippen LogP contribution is -2.07. The summed E-state index contributed by atoms with van der Waals surface area (Å²) in [6.07, 6.45) is 5.43. The second kappa shape index (κ2) is 2.88. The van der Waals surface area contributed by atoms with Crippen LogP contribution in [0, 0.1) is 23.2 Å². The summed E-state index contributed by atoms with van der Waals surface area (Å²) in [5.74, 6) is 3.88. The highest BCUT2D eigenvalue weighted by Gasteiger charge is 2.41. The van der Waals surface area contributed by atoms with Crippen molar-refractivity contribution in [3.8, 4) is 6.07 Å². The Morgan fingerprint density at radius 1 is 1.29 bits per heavy atom. The molecule has 0 aliphatic heterocycles. The Morgan fingerprint density at radius 2 is 2.21 bits per heavy atom. The molecule has 3 rings (SSSR count). The third-order valence-electron chi connectivity index (χ3n) is 3.84. The Labute approximate surface area is 83.5 Å². The highest BCUT2D eigenvalue weighted by molar-refractivity contribution is 5.22. The van der Waals surface area contributed by atoms with Crippen LogP contribution in [-0.4, -0.2) is 0 Å². The van der Waals surface area contributed by atoms with Crippen LogP contribution in [-0.2, 0) is 0 Å². The van der Waals surface area contributed by atoms with Crippen molar-refractivity contribution in [3.63, 3.8) is 0 Å². The van der Waals surface area contributed by atoms with Gasteiger partial charge in [-0.25, -0.2) is 0 Å². The average Bonchev–Trinajstić information content (AvgIpc) is 2.93. The molecule has 2 aliphatic carbocycles. The van der Waals surface area contributed by atoms with Crippen molar-refractivity contribution in [2.24, 2.45) is 11.8 Å². The van der Waals surface area contributed by atoms with E-state index in [-0.39, 0.29) is 0 Å². The summed E-state index contributed by atoms with van der Waals surface area (Å²) in [5.41, 5.74) is 0. The second-order valence-electron chi connectivity index (χ2n) is 4.60. The van der Waals surface area contributed by atoms with Crippen molar-refractivity contribution in [1.82, 2.24) is 0 Å². The van der Waals surface area contributed by atoms with Gasteiger partial charge in [0.2, 0.25) is 5.76 Å². The van der Waals surface area contributed by atoms with Crippen LogP contribution in [0.25, 0.3) is 0 Å². The third-order valence-corrected chi connectivity index (χ3v) is 3.84. The largest absolute Gasteiger partial charge is 0.450 e. The zero-order valence-corrected chi connectivity index (χ0v) is 8.07. The fourth-order valence-corrected chi connectivity index (χ4v) is 3.21. The van der Waals surface area contributed by atoms with E-state index >= 15 is 0 Å². The van der Waals surface area contributed by atoms with E-state index in [0.29, 0.717) is 11.7 Å². The van der Waals surface area contributed by atoms with Crippen molar-refractivity contribution >= 4 is 0 Å². The molecule has 14 heavy (non-hydrogen) atoms. The van der Waals surface area contributed by atoms with E-state index in [1.54, 1.807) is 6.07 Å². The second-order valence-corrected chi connectivity index (χ2v) is 4.60. The predicted molar refractivity (Wildman–Crippen MR) is 51.6 cm³/mol. The average molecular weight is 187 g/mol. The van der Waals surface area contributed by atoms with Gasteiger partial charge in [-0.15, -0.1) is 0 Å². The summed E-state index contributed by atoms with van der Waals surface area (Å²) in [7, 11) is 0. The summed E-state index contributed by atoms with van der Waals surface area (Å²) in [6.45, 7) is 0. The molecule has 1 aromatic rings. The minimum atomic E-state index is 0.461. The maximum absolute atomic E-state index is 8.68. The van der Waals surface area contributed by atoms with E-state index < -0.39 is 0 Å². The van der Waals surface area contributed by atoms with E-state index in [1.165, 1.54) is 25.7 Å². The van der Waals surface area contributed by atoms with Crippen LogP contribution >= 0.6 is 0 Å². The number of hydrogen-bond acceptors (Lipinski definition) is 2. The van der Waals surface area contributed by atoms with Gasteiger partial charge in [0.25, 0.3) is 0 Å². The van der Waals surface area contributed by atoms with E-state index in [0.717, 1.165) is 17.6 Å². The first-order valence-corrected chi connectivity index (χ1v) is 5.36.